The maximum atomic E-state index is 11.6. The highest BCUT2D eigenvalue weighted by atomic mass is 32.2. The minimum atomic E-state index is -2.77. The average Bonchev–Trinajstić information content (AvgIpc) is 2.12. The lowest BCUT2D eigenvalue weighted by molar-refractivity contribution is 0.378. The third kappa shape index (κ3) is 5.52. The summed E-state index contributed by atoms with van der Waals surface area (Å²) < 4.78 is 23.3. The largest absolute Gasteiger partial charge is 0.316 e. The van der Waals surface area contributed by atoms with Gasteiger partial charge in [0.1, 0.15) is 0 Å². The molecule has 0 amide bonds. The minimum absolute atomic E-state index is 0.380. The van der Waals surface area contributed by atoms with Gasteiger partial charge in [-0.25, -0.2) is 8.42 Å². The fraction of sp³-hybridized carbons (Fsp3) is 1.00. The van der Waals surface area contributed by atoms with Crippen LogP contribution in [-0.4, -0.2) is 33.0 Å². The van der Waals surface area contributed by atoms with Crippen LogP contribution >= 0.6 is 0 Å². The van der Waals surface area contributed by atoms with Crippen LogP contribution in [0.1, 0.15) is 39.0 Å². The molecular weight excluding hydrogens is 210 g/mol. The monoisotopic (exact) mass is 233 g/mol. The van der Waals surface area contributed by atoms with Gasteiger partial charge < -0.3 is 5.32 Å². The Balaban J connectivity index is 2.07. The molecule has 0 aromatic carbocycles. The first-order valence-corrected chi connectivity index (χ1v) is 7.87. The fourth-order valence-electron chi connectivity index (χ4n) is 1.83. The molecular formula is C11H23NO2S. The third-order valence-corrected chi connectivity index (χ3v) is 4.80. The maximum Gasteiger partial charge on any atom is 0.150 e. The van der Waals surface area contributed by atoms with Crippen molar-refractivity contribution in [2.75, 3.05) is 24.6 Å². The van der Waals surface area contributed by atoms with Crippen LogP contribution in [0.5, 0.6) is 0 Å². The lowest BCUT2D eigenvalue weighted by Gasteiger charge is -2.26. The van der Waals surface area contributed by atoms with Gasteiger partial charge in [-0.2, -0.15) is 0 Å². The van der Waals surface area contributed by atoms with Gasteiger partial charge in [0, 0.05) is 13.1 Å². The van der Waals surface area contributed by atoms with Gasteiger partial charge in [-0.05, 0) is 12.3 Å². The van der Waals surface area contributed by atoms with Gasteiger partial charge in [0.25, 0.3) is 0 Å². The van der Waals surface area contributed by atoms with Crippen molar-refractivity contribution in [2.45, 2.75) is 39.0 Å². The summed E-state index contributed by atoms with van der Waals surface area (Å²) in [5, 5.41) is 3.10. The molecule has 0 aliphatic carbocycles. The predicted molar refractivity (Wildman–Crippen MR) is 63.8 cm³/mol. The van der Waals surface area contributed by atoms with Crippen LogP contribution in [0.15, 0.2) is 0 Å². The maximum absolute atomic E-state index is 11.6. The number of hydrogen-bond acceptors (Lipinski definition) is 3. The minimum Gasteiger partial charge on any atom is -0.316 e. The van der Waals surface area contributed by atoms with Crippen LogP contribution in [0.4, 0.5) is 0 Å². The van der Waals surface area contributed by atoms with E-state index in [0.717, 1.165) is 25.9 Å². The summed E-state index contributed by atoms with van der Waals surface area (Å²) in [5.41, 5.74) is 0. The Kier molecular flexibility index (Phi) is 5.61. The van der Waals surface area contributed by atoms with E-state index in [2.05, 4.69) is 12.2 Å². The zero-order chi connectivity index (χ0) is 11.1. The molecule has 4 heteroatoms. The number of nitrogens with one attached hydrogen (secondary N) is 1. The Hall–Kier alpha value is -0.0900. The van der Waals surface area contributed by atoms with Gasteiger partial charge in [-0.3, -0.25) is 0 Å². The molecule has 1 saturated heterocycles. The van der Waals surface area contributed by atoms with Crippen molar-refractivity contribution in [3.8, 4) is 0 Å². The second kappa shape index (κ2) is 6.48. The first-order valence-electron chi connectivity index (χ1n) is 6.05. The first-order chi connectivity index (χ1) is 7.14. The highest BCUT2D eigenvalue weighted by molar-refractivity contribution is 7.91. The zero-order valence-electron chi connectivity index (χ0n) is 9.67. The molecule has 90 valence electrons. The van der Waals surface area contributed by atoms with E-state index >= 15 is 0 Å². The summed E-state index contributed by atoms with van der Waals surface area (Å²) >= 11 is 0. The Morgan fingerprint density at radius 3 is 2.33 bits per heavy atom. The molecule has 0 aromatic heterocycles. The number of sulfone groups is 1. The normalized spacial score (nSPS) is 17.7. The van der Waals surface area contributed by atoms with E-state index in [1.54, 1.807) is 0 Å². The number of hydrogen-bond donors (Lipinski definition) is 1. The highest BCUT2D eigenvalue weighted by Gasteiger charge is 2.23. The van der Waals surface area contributed by atoms with Crippen molar-refractivity contribution in [1.82, 2.24) is 5.32 Å². The molecule has 0 bridgehead atoms. The van der Waals surface area contributed by atoms with E-state index in [9.17, 15) is 8.42 Å². The Bertz CT molecular complexity index is 258. The van der Waals surface area contributed by atoms with Crippen molar-refractivity contribution < 1.29 is 8.42 Å². The van der Waals surface area contributed by atoms with Crippen molar-refractivity contribution in [2.24, 2.45) is 5.92 Å². The standard InChI is InChI=1S/C11H23NO2S/c1-2-3-4-5-6-7-15(13,14)10-11-8-12-9-11/h11-12H,2-10H2,1H3. The highest BCUT2D eigenvalue weighted by Crippen LogP contribution is 2.10. The predicted octanol–water partition coefficient (Wildman–Crippen LogP) is 1.59. The number of rotatable bonds is 8. The van der Waals surface area contributed by atoms with E-state index in [-0.39, 0.29) is 0 Å². The third-order valence-electron chi connectivity index (χ3n) is 2.91. The van der Waals surface area contributed by atoms with Crippen LogP contribution < -0.4 is 5.32 Å². The summed E-state index contributed by atoms with van der Waals surface area (Å²) in [6, 6.07) is 0. The molecule has 1 aliphatic heterocycles. The summed E-state index contributed by atoms with van der Waals surface area (Å²) in [6.45, 7) is 3.93. The van der Waals surface area contributed by atoms with Crippen LogP contribution in [0, 0.1) is 5.92 Å². The van der Waals surface area contributed by atoms with Crippen LogP contribution in [-0.2, 0) is 9.84 Å². The molecule has 0 spiro atoms. The fourth-order valence-corrected chi connectivity index (χ4v) is 3.60. The molecule has 0 aromatic rings. The van der Waals surface area contributed by atoms with Gasteiger partial charge in [0.15, 0.2) is 9.84 Å². The molecule has 1 rings (SSSR count). The van der Waals surface area contributed by atoms with E-state index in [0.29, 0.717) is 17.4 Å². The summed E-state index contributed by atoms with van der Waals surface area (Å²) in [4.78, 5) is 0. The topological polar surface area (TPSA) is 46.2 Å². The molecule has 0 saturated carbocycles. The molecule has 15 heavy (non-hydrogen) atoms. The molecule has 0 unspecified atom stereocenters. The lowest BCUT2D eigenvalue weighted by atomic mass is 10.1. The van der Waals surface area contributed by atoms with Crippen molar-refractivity contribution in [3.63, 3.8) is 0 Å². The van der Waals surface area contributed by atoms with Crippen LogP contribution in [0.25, 0.3) is 0 Å². The first kappa shape index (κ1) is 13.0. The van der Waals surface area contributed by atoms with E-state index in [1.807, 2.05) is 0 Å². The number of unbranched alkanes of at least 4 members (excludes halogenated alkanes) is 4. The van der Waals surface area contributed by atoms with E-state index < -0.39 is 9.84 Å². The van der Waals surface area contributed by atoms with Crippen molar-refractivity contribution in [1.29, 1.82) is 0 Å². The average molecular weight is 233 g/mol. The molecule has 0 radical (unpaired) electrons. The Labute approximate surface area is 93.6 Å². The molecule has 1 aliphatic rings. The molecule has 1 fully saturated rings. The second-order valence-electron chi connectivity index (χ2n) is 4.55. The van der Waals surface area contributed by atoms with Gasteiger partial charge in [-0.15, -0.1) is 0 Å². The summed E-state index contributed by atoms with van der Waals surface area (Å²) in [5.74, 6) is 1.17. The molecule has 1 N–H and O–H groups in total. The van der Waals surface area contributed by atoms with Gasteiger partial charge in [0.05, 0.1) is 11.5 Å². The molecule has 3 nitrogen and oxygen atoms in total. The molecule has 0 atom stereocenters. The summed E-state index contributed by atoms with van der Waals surface area (Å²) in [7, 11) is -2.77. The van der Waals surface area contributed by atoms with Gasteiger partial charge in [0.2, 0.25) is 0 Å². The second-order valence-corrected chi connectivity index (χ2v) is 6.78. The van der Waals surface area contributed by atoms with E-state index in [4.69, 9.17) is 0 Å². The quantitative estimate of drug-likeness (QED) is 0.648. The molecule has 1 heterocycles. The Morgan fingerprint density at radius 2 is 1.80 bits per heavy atom. The lowest BCUT2D eigenvalue weighted by Crippen LogP contribution is -2.45. The van der Waals surface area contributed by atoms with Crippen LogP contribution in [0.2, 0.25) is 0 Å². The van der Waals surface area contributed by atoms with Crippen molar-refractivity contribution >= 4 is 9.84 Å². The van der Waals surface area contributed by atoms with Gasteiger partial charge in [-0.1, -0.05) is 32.6 Å². The van der Waals surface area contributed by atoms with Crippen LogP contribution in [0.3, 0.4) is 0 Å². The van der Waals surface area contributed by atoms with Crippen molar-refractivity contribution in [3.05, 3.63) is 0 Å². The smallest absolute Gasteiger partial charge is 0.150 e. The Morgan fingerprint density at radius 1 is 1.13 bits per heavy atom. The summed E-state index contributed by atoms with van der Waals surface area (Å²) in [6.07, 6.45) is 5.53. The van der Waals surface area contributed by atoms with E-state index in [1.165, 1.54) is 19.3 Å². The SMILES string of the molecule is CCCCCCCS(=O)(=O)CC1CNC1. The van der Waals surface area contributed by atoms with Gasteiger partial charge >= 0.3 is 0 Å². The zero-order valence-corrected chi connectivity index (χ0v) is 10.5.